The number of hydrogen-bond acceptors (Lipinski definition) is 3. The van der Waals surface area contributed by atoms with Crippen LogP contribution >= 0.6 is 27.5 Å². The fourth-order valence-corrected chi connectivity index (χ4v) is 3.65. The Labute approximate surface area is 191 Å². The van der Waals surface area contributed by atoms with Crippen LogP contribution in [-0.2, 0) is 16.0 Å². The minimum Gasteiger partial charge on any atom is -0.483 e. The zero-order chi connectivity index (χ0) is 22.1. The largest absolute Gasteiger partial charge is 0.483 e. The molecule has 0 aliphatic heterocycles. The van der Waals surface area contributed by atoms with Gasteiger partial charge >= 0.3 is 0 Å². The second kappa shape index (κ2) is 12.0. The third kappa shape index (κ3) is 7.33. The zero-order valence-electron chi connectivity index (χ0n) is 17.5. The topological polar surface area (TPSA) is 58.6 Å². The first-order valence-electron chi connectivity index (χ1n) is 10.0. The van der Waals surface area contributed by atoms with Crippen LogP contribution in [0.4, 0.5) is 0 Å². The van der Waals surface area contributed by atoms with Crippen molar-refractivity contribution in [2.24, 2.45) is 0 Å². The van der Waals surface area contributed by atoms with Gasteiger partial charge in [-0.15, -0.1) is 0 Å². The first-order chi connectivity index (χ1) is 14.3. The van der Waals surface area contributed by atoms with E-state index >= 15 is 0 Å². The van der Waals surface area contributed by atoms with Crippen molar-refractivity contribution in [1.29, 1.82) is 0 Å². The van der Waals surface area contributed by atoms with Crippen molar-refractivity contribution in [3.8, 4) is 5.75 Å². The Balaban J connectivity index is 2.09. The van der Waals surface area contributed by atoms with E-state index in [-0.39, 0.29) is 24.5 Å². The molecule has 2 rings (SSSR count). The quantitative estimate of drug-likeness (QED) is 0.512. The molecule has 2 amide bonds. The summed E-state index contributed by atoms with van der Waals surface area (Å²) in [5.41, 5.74) is 1.10. The summed E-state index contributed by atoms with van der Waals surface area (Å²) in [5, 5.41) is 3.53. The monoisotopic (exact) mass is 494 g/mol. The fraction of sp³-hybridized carbons (Fsp3) is 0.391. The molecule has 7 heteroatoms. The number of amides is 2. The lowest BCUT2D eigenvalue weighted by molar-refractivity contribution is -0.141. The molecule has 0 aliphatic rings. The molecule has 162 valence electrons. The molecule has 0 fully saturated rings. The summed E-state index contributed by atoms with van der Waals surface area (Å²) < 4.78 is 6.36. The number of carbonyl (C=O) groups is 2. The average molecular weight is 496 g/mol. The van der Waals surface area contributed by atoms with E-state index in [2.05, 4.69) is 21.2 Å². The predicted molar refractivity (Wildman–Crippen MR) is 124 cm³/mol. The van der Waals surface area contributed by atoms with E-state index in [1.54, 1.807) is 30.0 Å². The molecule has 0 radical (unpaired) electrons. The van der Waals surface area contributed by atoms with E-state index in [9.17, 15) is 9.59 Å². The molecule has 2 aromatic rings. The van der Waals surface area contributed by atoms with Crippen LogP contribution in [0.1, 0.15) is 32.8 Å². The lowest BCUT2D eigenvalue weighted by Gasteiger charge is -2.29. The highest BCUT2D eigenvalue weighted by Gasteiger charge is 2.26. The highest BCUT2D eigenvalue weighted by atomic mass is 79.9. The highest BCUT2D eigenvalue weighted by Crippen LogP contribution is 2.28. The Morgan fingerprint density at radius 3 is 2.50 bits per heavy atom. The summed E-state index contributed by atoms with van der Waals surface area (Å²) in [6, 6.07) is 14.4. The normalized spacial score (nSPS) is 12.7. The van der Waals surface area contributed by atoms with Crippen molar-refractivity contribution >= 4 is 39.3 Å². The molecular weight excluding hydrogens is 468 g/mol. The Hall–Kier alpha value is -2.05. The molecule has 5 nitrogen and oxygen atoms in total. The van der Waals surface area contributed by atoms with Gasteiger partial charge in [-0.2, -0.15) is 0 Å². The standard InChI is InChI=1S/C23H28BrClN2O3/c1-4-16(2)26-23(29)17(3)27(13-12-18-8-6-5-7-9-18)22(28)15-30-21-11-10-19(25)14-20(21)24/h5-11,14,16-17H,4,12-13,15H2,1-3H3,(H,26,29)/t16-,17-/m1/s1. The maximum absolute atomic E-state index is 13.0. The third-order valence-electron chi connectivity index (χ3n) is 4.90. The van der Waals surface area contributed by atoms with Gasteiger partial charge in [0.15, 0.2) is 6.61 Å². The van der Waals surface area contributed by atoms with E-state index in [1.165, 1.54) is 0 Å². The summed E-state index contributed by atoms with van der Waals surface area (Å²) >= 11 is 9.34. The van der Waals surface area contributed by atoms with Gasteiger partial charge in [-0.1, -0.05) is 48.9 Å². The van der Waals surface area contributed by atoms with E-state index in [0.29, 0.717) is 28.2 Å². The van der Waals surface area contributed by atoms with Crippen LogP contribution in [0.25, 0.3) is 0 Å². The van der Waals surface area contributed by atoms with E-state index < -0.39 is 6.04 Å². The molecular formula is C23H28BrClN2O3. The molecule has 30 heavy (non-hydrogen) atoms. The van der Waals surface area contributed by atoms with E-state index in [1.807, 2.05) is 44.2 Å². The van der Waals surface area contributed by atoms with Gasteiger partial charge in [0.2, 0.25) is 5.91 Å². The smallest absolute Gasteiger partial charge is 0.261 e. The molecule has 0 bridgehead atoms. The Morgan fingerprint density at radius 2 is 1.87 bits per heavy atom. The van der Waals surface area contributed by atoms with Gasteiger partial charge < -0.3 is 15.0 Å². The summed E-state index contributed by atoms with van der Waals surface area (Å²) in [5.74, 6) is 0.102. The maximum Gasteiger partial charge on any atom is 0.261 e. The van der Waals surface area contributed by atoms with Gasteiger partial charge in [-0.05, 0) is 66.4 Å². The number of rotatable bonds is 10. The molecule has 2 atom stereocenters. The number of nitrogens with zero attached hydrogens (tertiary/aromatic N) is 1. The van der Waals surface area contributed by atoms with Crippen LogP contribution in [0.15, 0.2) is 53.0 Å². The van der Waals surface area contributed by atoms with E-state index in [4.69, 9.17) is 16.3 Å². The number of carbonyl (C=O) groups excluding carboxylic acids is 2. The van der Waals surface area contributed by atoms with Crippen molar-refractivity contribution < 1.29 is 14.3 Å². The minimum absolute atomic E-state index is 0.0484. The minimum atomic E-state index is -0.604. The van der Waals surface area contributed by atoms with Crippen LogP contribution in [0.3, 0.4) is 0 Å². The molecule has 2 aromatic carbocycles. The summed E-state index contributed by atoms with van der Waals surface area (Å²) in [4.78, 5) is 27.2. The molecule has 0 unspecified atom stereocenters. The SMILES string of the molecule is CC[C@@H](C)NC(=O)[C@@H](C)N(CCc1ccccc1)C(=O)COc1ccc(Cl)cc1Br. The Bertz CT molecular complexity index is 848. The Morgan fingerprint density at radius 1 is 1.17 bits per heavy atom. The zero-order valence-corrected chi connectivity index (χ0v) is 19.9. The Kier molecular flexibility index (Phi) is 9.66. The lowest BCUT2D eigenvalue weighted by atomic mass is 10.1. The predicted octanol–water partition coefficient (Wildman–Crippen LogP) is 4.86. The van der Waals surface area contributed by atoms with Crippen molar-refractivity contribution in [3.63, 3.8) is 0 Å². The fourth-order valence-electron chi connectivity index (χ4n) is 2.85. The number of ether oxygens (including phenoxy) is 1. The van der Waals surface area contributed by atoms with Gasteiger partial charge in [0.1, 0.15) is 11.8 Å². The summed E-state index contributed by atoms with van der Waals surface area (Å²) in [7, 11) is 0. The van der Waals surface area contributed by atoms with Crippen LogP contribution < -0.4 is 10.1 Å². The van der Waals surface area contributed by atoms with Crippen LogP contribution in [0, 0.1) is 0 Å². The first-order valence-corrected chi connectivity index (χ1v) is 11.2. The summed E-state index contributed by atoms with van der Waals surface area (Å²) in [6.07, 6.45) is 1.47. The molecule has 0 saturated heterocycles. The molecule has 0 aromatic heterocycles. The van der Waals surface area contributed by atoms with Crippen molar-refractivity contribution in [3.05, 3.63) is 63.6 Å². The van der Waals surface area contributed by atoms with Crippen LogP contribution in [0.2, 0.25) is 5.02 Å². The second-order valence-electron chi connectivity index (χ2n) is 7.18. The molecule has 0 spiro atoms. The van der Waals surface area contributed by atoms with Gasteiger partial charge in [0.05, 0.1) is 4.47 Å². The van der Waals surface area contributed by atoms with Crippen molar-refractivity contribution in [2.45, 2.75) is 45.7 Å². The third-order valence-corrected chi connectivity index (χ3v) is 5.75. The van der Waals surface area contributed by atoms with Crippen LogP contribution in [0.5, 0.6) is 5.75 Å². The molecule has 1 N–H and O–H groups in total. The first kappa shape index (κ1) is 24.2. The van der Waals surface area contributed by atoms with E-state index in [0.717, 1.165) is 12.0 Å². The highest BCUT2D eigenvalue weighted by molar-refractivity contribution is 9.10. The average Bonchev–Trinajstić information content (AvgIpc) is 2.73. The summed E-state index contributed by atoms with van der Waals surface area (Å²) in [6.45, 7) is 5.95. The van der Waals surface area contributed by atoms with Gasteiger partial charge in [0, 0.05) is 17.6 Å². The van der Waals surface area contributed by atoms with Crippen LogP contribution in [-0.4, -0.2) is 41.9 Å². The number of hydrogen-bond donors (Lipinski definition) is 1. The van der Waals surface area contributed by atoms with Crippen molar-refractivity contribution in [2.75, 3.05) is 13.2 Å². The van der Waals surface area contributed by atoms with Gasteiger partial charge in [-0.25, -0.2) is 0 Å². The van der Waals surface area contributed by atoms with Gasteiger partial charge in [-0.3, -0.25) is 9.59 Å². The molecule has 0 aliphatic carbocycles. The maximum atomic E-state index is 13.0. The molecule has 0 saturated carbocycles. The molecule has 0 heterocycles. The lowest BCUT2D eigenvalue weighted by Crippen LogP contribution is -2.51. The van der Waals surface area contributed by atoms with Gasteiger partial charge in [0.25, 0.3) is 5.91 Å². The number of benzene rings is 2. The number of halogens is 2. The second-order valence-corrected chi connectivity index (χ2v) is 8.47. The van der Waals surface area contributed by atoms with Crippen molar-refractivity contribution in [1.82, 2.24) is 10.2 Å². The number of nitrogens with one attached hydrogen (secondary N) is 1.